The van der Waals surface area contributed by atoms with Crippen molar-refractivity contribution in [3.63, 3.8) is 0 Å². The predicted octanol–water partition coefficient (Wildman–Crippen LogP) is 3.61. The Hall–Kier alpha value is -3.36. The Kier molecular flexibility index (Phi) is 4.14. The Morgan fingerprint density at radius 1 is 1.05 bits per heavy atom. The number of nitrogens with zero attached hydrogens (tertiary/aromatic N) is 4. The number of hydrogen-bond donors (Lipinski definition) is 1. The van der Waals surface area contributed by atoms with E-state index in [1.165, 1.54) is 36.4 Å². The van der Waals surface area contributed by atoms with Crippen molar-refractivity contribution >= 4 is 22.7 Å². The van der Waals surface area contributed by atoms with Crippen LogP contribution in [-0.2, 0) is 0 Å². The van der Waals surface area contributed by atoms with Gasteiger partial charge in [-0.2, -0.15) is 0 Å². The molecule has 21 heavy (non-hydrogen) atoms. The molecule has 0 aliphatic heterocycles. The molecule has 2 aromatic carbocycles. The molecule has 0 fully saturated rings. The van der Waals surface area contributed by atoms with Gasteiger partial charge in [0, 0.05) is 6.07 Å². The first-order chi connectivity index (χ1) is 10.1. The van der Waals surface area contributed by atoms with Crippen molar-refractivity contribution in [1.29, 1.82) is 0 Å². The maximum atomic E-state index is 11.8. The van der Waals surface area contributed by atoms with Gasteiger partial charge < -0.3 is 5.21 Å². The molecule has 0 atom stereocenters. The highest BCUT2D eigenvalue weighted by molar-refractivity contribution is 5.56. The van der Waals surface area contributed by atoms with Gasteiger partial charge in [0.2, 0.25) is 0 Å². The zero-order chi connectivity index (χ0) is 15.2. The van der Waals surface area contributed by atoms with Crippen molar-refractivity contribution in [3.05, 3.63) is 68.8 Å². The van der Waals surface area contributed by atoms with Crippen LogP contribution in [0.15, 0.2) is 58.9 Å². The molecule has 0 aliphatic carbocycles. The minimum Gasteiger partial charge on any atom is -0.691 e. The highest BCUT2D eigenvalue weighted by Crippen LogP contribution is 2.26. The lowest BCUT2D eigenvalue weighted by molar-refractivity contribution is -0.439. The van der Waals surface area contributed by atoms with E-state index >= 15 is 0 Å². The van der Waals surface area contributed by atoms with Gasteiger partial charge in [-0.1, -0.05) is 18.2 Å². The van der Waals surface area contributed by atoms with Crippen molar-refractivity contribution in [2.75, 3.05) is 5.43 Å². The summed E-state index contributed by atoms with van der Waals surface area (Å²) in [6, 6.07) is 11.4. The fourth-order valence-corrected chi connectivity index (χ4v) is 1.55. The third-order valence-electron chi connectivity index (χ3n) is 2.51. The zero-order valence-corrected chi connectivity index (χ0v) is 10.5. The normalized spacial score (nSPS) is 11.0. The molecule has 0 saturated carbocycles. The van der Waals surface area contributed by atoms with Crippen LogP contribution in [0.25, 0.3) is 0 Å². The highest BCUT2D eigenvalue weighted by Gasteiger charge is 2.09. The molecule has 0 radical (unpaired) electrons. The zero-order valence-electron chi connectivity index (χ0n) is 10.5. The number of para-hydroxylation sites is 1. The fourth-order valence-electron chi connectivity index (χ4n) is 1.55. The van der Waals surface area contributed by atoms with E-state index in [1.807, 2.05) is 0 Å². The second-order valence-corrected chi connectivity index (χ2v) is 3.87. The molecule has 0 aliphatic rings. The first-order valence-electron chi connectivity index (χ1n) is 5.72. The molecule has 2 aromatic rings. The molecule has 9 heteroatoms. The van der Waals surface area contributed by atoms with E-state index in [1.54, 1.807) is 12.1 Å². The van der Waals surface area contributed by atoms with Gasteiger partial charge >= 0.3 is 0 Å². The number of rotatable bonds is 5. The number of benzene rings is 2. The average molecular weight is 287 g/mol. The predicted molar refractivity (Wildman–Crippen MR) is 74.3 cm³/mol. The molecule has 9 nitrogen and oxygen atoms in total. The summed E-state index contributed by atoms with van der Waals surface area (Å²) in [5.41, 5.74) is 2.41. The second kappa shape index (κ2) is 6.19. The van der Waals surface area contributed by atoms with E-state index in [9.17, 15) is 20.2 Å². The summed E-state index contributed by atoms with van der Waals surface area (Å²) >= 11 is 0. The molecule has 106 valence electrons. The first-order valence-corrected chi connectivity index (χ1v) is 5.72. The average Bonchev–Trinajstić information content (AvgIpc) is 2.52. The molecule has 0 amide bonds. The van der Waals surface area contributed by atoms with Crippen molar-refractivity contribution in [2.45, 2.75) is 0 Å². The van der Waals surface area contributed by atoms with E-state index in [-0.39, 0.29) is 27.6 Å². The fraction of sp³-hybridized carbons (Fsp3) is 0. The minimum atomic E-state index is -0.564. The van der Waals surface area contributed by atoms with Crippen LogP contribution in [0.3, 0.4) is 0 Å². The van der Waals surface area contributed by atoms with Crippen molar-refractivity contribution in [2.24, 2.45) is 10.4 Å². The quantitative estimate of drug-likeness (QED) is 0.296. The van der Waals surface area contributed by atoms with E-state index < -0.39 is 4.92 Å². The highest BCUT2D eigenvalue weighted by atomic mass is 16.6. The van der Waals surface area contributed by atoms with Gasteiger partial charge in [0.25, 0.3) is 5.69 Å². The van der Waals surface area contributed by atoms with Gasteiger partial charge in [-0.15, -0.1) is 15.2 Å². The topological polar surface area (TPSA) is 123 Å². The molecule has 0 bridgehead atoms. The first kappa shape index (κ1) is 14.1. The third kappa shape index (κ3) is 3.35. The number of hydrogen-bond acceptors (Lipinski definition) is 6. The van der Waals surface area contributed by atoms with Crippen molar-refractivity contribution < 1.29 is 9.78 Å². The maximum absolute atomic E-state index is 11.8. The molecule has 1 N–H and O–H groups in total. The van der Waals surface area contributed by atoms with Crippen LogP contribution >= 0.6 is 0 Å². The molecule has 0 spiro atoms. The smallest absolute Gasteiger partial charge is 0.273 e. The van der Waals surface area contributed by atoms with Crippen LogP contribution in [0, 0.1) is 20.2 Å². The van der Waals surface area contributed by atoms with Crippen LogP contribution in [-0.4, -0.2) is 9.78 Å². The number of nitro benzene ring substituents is 1. The van der Waals surface area contributed by atoms with Crippen LogP contribution < -0.4 is 5.43 Å². The minimum absolute atomic E-state index is 0.0366. The van der Waals surface area contributed by atoms with E-state index in [0.717, 1.165) is 0 Å². The molecule has 0 unspecified atom stereocenters. The molecular formula is C12H9N5O4. The Bertz CT molecular complexity index is 716. The number of nitrogens with one attached hydrogen (secondary N) is 1. The van der Waals surface area contributed by atoms with Gasteiger partial charge in [-0.25, -0.2) is 0 Å². The lowest BCUT2D eigenvalue weighted by Crippen LogP contribution is -1.98. The van der Waals surface area contributed by atoms with E-state index in [4.69, 9.17) is 0 Å². The van der Waals surface area contributed by atoms with Gasteiger partial charge in [-0.05, 0) is 23.4 Å². The lowest BCUT2D eigenvalue weighted by atomic mass is 10.3. The number of nitroso groups, excluding NO2 is 1. The molecular weight excluding hydrogens is 278 g/mol. The van der Waals surface area contributed by atoms with Gasteiger partial charge in [0.15, 0.2) is 17.1 Å². The van der Waals surface area contributed by atoms with Gasteiger partial charge in [0.05, 0.1) is 16.2 Å². The van der Waals surface area contributed by atoms with Crippen LogP contribution in [0.5, 0.6) is 0 Å². The van der Waals surface area contributed by atoms with Crippen LogP contribution in [0.4, 0.5) is 22.7 Å². The molecule has 2 rings (SSSR count). The summed E-state index contributed by atoms with van der Waals surface area (Å²) < 4.78 is 0. The van der Waals surface area contributed by atoms with Crippen LogP contribution in [0.2, 0.25) is 0 Å². The Labute approximate surface area is 118 Å². The summed E-state index contributed by atoms with van der Waals surface area (Å²) in [7, 11) is 0. The van der Waals surface area contributed by atoms with Gasteiger partial charge in [-0.3, -0.25) is 10.1 Å². The SMILES string of the molecule is O=Nc1ccccc1/[N+]([O-])=N/Nc1cccc([N+](=O)[O-])c1. The van der Waals surface area contributed by atoms with Crippen molar-refractivity contribution in [3.8, 4) is 0 Å². The third-order valence-corrected chi connectivity index (χ3v) is 2.51. The summed E-state index contributed by atoms with van der Waals surface area (Å²) in [6.45, 7) is 0. The second-order valence-electron chi connectivity index (χ2n) is 3.87. The standard InChI is InChI=1S/C12H9N5O4/c18-14-11-6-1-2-7-12(11)16(19)15-13-9-4-3-5-10(8-9)17(20)21/h1-8,13H/b16-15-. The summed E-state index contributed by atoms with van der Waals surface area (Å²) in [5.74, 6) is 0. The van der Waals surface area contributed by atoms with Crippen LogP contribution in [0.1, 0.15) is 0 Å². The largest absolute Gasteiger partial charge is 0.691 e. The number of anilines is 1. The number of non-ortho nitro benzene ring substituents is 1. The maximum Gasteiger partial charge on any atom is 0.273 e. The van der Waals surface area contributed by atoms with Crippen molar-refractivity contribution in [1.82, 2.24) is 0 Å². The molecule has 0 saturated heterocycles. The molecule has 0 heterocycles. The summed E-state index contributed by atoms with van der Waals surface area (Å²) in [5, 5.41) is 28.6. The summed E-state index contributed by atoms with van der Waals surface area (Å²) in [4.78, 5) is 20.8. The lowest BCUT2D eigenvalue weighted by Gasteiger charge is -2.06. The number of nitro groups is 1. The molecule has 0 aromatic heterocycles. The Morgan fingerprint density at radius 2 is 1.81 bits per heavy atom. The Morgan fingerprint density at radius 3 is 2.52 bits per heavy atom. The van der Waals surface area contributed by atoms with E-state index in [0.29, 0.717) is 0 Å². The van der Waals surface area contributed by atoms with E-state index in [2.05, 4.69) is 15.8 Å². The Balaban J connectivity index is 2.22. The van der Waals surface area contributed by atoms with Gasteiger partial charge in [0.1, 0.15) is 0 Å². The summed E-state index contributed by atoms with van der Waals surface area (Å²) in [6.07, 6.45) is 0. The monoisotopic (exact) mass is 287 g/mol.